The van der Waals surface area contributed by atoms with Crippen LogP contribution in [-0.2, 0) is 9.84 Å². The molecule has 1 rings (SSSR count). The summed E-state index contributed by atoms with van der Waals surface area (Å²) in [6.45, 7) is 1.12. The smallest absolute Gasteiger partial charge is 0.204 e. The van der Waals surface area contributed by atoms with E-state index in [1.54, 1.807) is 0 Å². The highest BCUT2D eigenvalue weighted by molar-refractivity contribution is 7.94. The second-order valence-electron chi connectivity index (χ2n) is 3.64. The van der Waals surface area contributed by atoms with Crippen LogP contribution in [0.15, 0.2) is 18.2 Å². The van der Waals surface area contributed by atoms with E-state index in [0.717, 1.165) is 13.2 Å². The van der Waals surface area contributed by atoms with Crippen molar-refractivity contribution >= 4 is 50.4 Å². The van der Waals surface area contributed by atoms with Crippen LogP contribution in [0, 0.1) is 0 Å². The van der Waals surface area contributed by atoms with Crippen molar-refractivity contribution < 1.29 is 13.2 Å². The van der Waals surface area contributed by atoms with Crippen LogP contribution in [0.25, 0.3) is 0 Å². The predicted molar refractivity (Wildman–Crippen MR) is 69.9 cm³/mol. The highest BCUT2D eigenvalue weighted by Gasteiger charge is 2.42. The number of halogens is 3. The van der Waals surface area contributed by atoms with E-state index in [4.69, 9.17) is 34.8 Å². The zero-order valence-electron chi connectivity index (χ0n) is 9.00. The molecule has 0 fully saturated rings. The third kappa shape index (κ3) is 2.94. The lowest BCUT2D eigenvalue weighted by atomic mass is 10.1. The number of hydrogen-bond donors (Lipinski definition) is 0. The molecule has 0 aliphatic heterocycles. The van der Waals surface area contributed by atoms with Crippen LogP contribution >= 0.6 is 34.8 Å². The molecule has 94 valence electrons. The lowest BCUT2D eigenvalue weighted by Crippen LogP contribution is -2.37. The SMILES string of the molecule is C[C@@](Cl)(C(=O)c1ccc(Cl)cc1Cl)S(C)(=O)=O. The third-order valence-corrected chi connectivity index (χ3v) is 5.42. The van der Waals surface area contributed by atoms with E-state index in [2.05, 4.69) is 0 Å². The van der Waals surface area contributed by atoms with Gasteiger partial charge >= 0.3 is 0 Å². The normalized spacial score (nSPS) is 15.4. The van der Waals surface area contributed by atoms with E-state index in [-0.39, 0.29) is 10.6 Å². The summed E-state index contributed by atoms with van der Waals surface area (Å²) in [4.78, 5) is 12.0. The average Bonchev–Trinajstić information content (AvgIpc) is 2.14. The monoisotopic (exact) mass is 314 g/mol. The van der Waals surface area contributed by atoms with E-state index in [0.29, 0.717) is 5.02 Å². The quantitative estimate of drug-likeness (QED) is 0.636. The van der Waals surface area contributed by atoms with Crippen molar-refractivity contribution in [1.82, 2.24) is 0 Å². The summed E-state index contributed by atoms with van der Waals surface area (Å²) in [5.41, 5.74) is 0.0268. The van der Waals surface area contributed by atoms with Gasteiger partial charge in [-0.1, -0.05) is 34.8 Å². The number of Topliss-reactive ketones (excluding diaryl/α,β-unsaturated/α-hetero) is 1. The van der Waals surface area contributed by atoms with Crippen LogP contribution in [0.4, 0.5) is 0 Å². The van der Waals surface area contributed by atoms with E-state index < -0.39 is 19.8 Å². The summed E-state index contributed by atoms with van der Waals surface area (Å²) >= 11 is 17.3. The molecular weight excluding hydrogens is 307 g/mol. The molecule has 0 bridgehead atoms. The fraction of sp³-hybridized carbons (Fsp3) is 0.300. The van der Waals surface area contributed by atoms with Crippen molar-refractivity contribution in [2.45, 2.75) is 11.1 Å². The first-order valence-electron chi connectivity index (χ1n) is 4.45. The Balaban J connectivity index is 3.32. The summed E-state index contributed by atoms with van der Waals surface area (Å²) in [7, 11) is -3.75. The summed E-state index contributed by atoms with van der Waals surface area (Å²) < 4.78 is 20.8. The number of carbonyl (C=O) groups is 1. The fourth-order valence-electron chi connectivity index (χ4n) is 1.08. The highest BCUT2D eigenvalue weighted by Crippen LogP contribution is 2.30. The molecule has 1 aromatic rings. The van der Waals surface area contributed by atoms with E-state index in [1.165, 1.54) is 18.2 Å². The molecule has 0 radical (unpaired) electrons. The summed E-state index contributed by atoms with van der Waals surface area (Å²) in [6, 6.07) is 4.14. The molecule has 0 heterocycles. The highest BCUT2D eigenvalue weighted by atomic mass is 35.5. The van der Waals surface area contributed by atoms with Gasteiger partial charge in [0, 0.05) is 16.8 Å². The second-order valence-corrected chi connectivity index (χ2v) is 7.83. The molecule has 0 aliphatic carbocycles. The van der Waals surface area contributed by atoms with Gasteiger partial charge in [0.15, 0.2) is 15.6 Å². The molecule has 0 spiro atoms. The molecule has 0 saturated carbocycles. The summed E-state index contributed by atoms with van der Waals surface area (Å²) in [5, 5.41) is 0.417. The van der Waals surface area contributed by atoms with Gasteiger partial charge in [-0.05, 0) is 25.1 Å². The first kappa shape index (κ1) is 14.8. The van der Waals surface area contributed by atoms with Crippen molar-refractivity contribution in [3.05, 3.63) is 33.8 Å². The maximum absolute atomic E-state index is 12.0. The number of benzene rings is 1. The number of carbonyl (C=O) groups excluding carboxylic acids is 1. The molecule has 0 N–H and O–H groups in total. The average molecular weight is 316 g/mol. The predicted octanol–water partition coefficient (Wildman–Crippen LogP) is 3.18. The molecule has 0 unspecified atom stereocenters. The Morgan fingerprint density at radius 3 is 2.24 bits per heavy atom. The van der Waals surface area contributed by atoms with Crippen molar-refractivity contribution in [3.63, 3.8) is 0 Å². The summed E-state index contributed by atoms with van der Waals surface area (Å²) in [5.74, 6) is -0.775. The first-order chi connectivity index (χ1) is 7.57. The minimum absolute atomic E-state index is 0.0268. The van der Waals surface area contributed by atoms with Gasteiger partial charge in [-0.3, -0.25) is 4.79 Å². The molecule has 0 saturated heterocycles. The number of ketones is 1. The number of hydrogen-bond acceptors (Lipinski definition) is 3. The van der Waals surface area contributed by atoms with Gasteiger partial charge in [0.1, 0.15) is 0 Å². The molecule has 0 amide bonds. The molecule has 1 aromatic carbocycles. The van der Waals surface area contributed by atoms with Crippen LogP contribution < -0.4 is 0 Å². The molecule has 0 aromatic heterocycles. The fourth-order valence-corrected chi connectivity index (χ4v) is 2.13. The molecular formula is C10H9Cl3O3S. The standard InChI is InChI=1S/C10H9Cl3O3S/c1-10(13,17(2,15)16)9(14)7-4-3-6(11)5-8(7)12/h3-5H,1-2H3/t10-/m0/s1. The molecule has 3 nitrogen and oxygen atoms in total. The van der Waals surface area contributed by atoms with Crippen LogP contribution in [0.1, 0.15) is 17.3 Å². The second kappa shape index (κ2) is 4.76. The summed E-state index contributed by atoms with van der Waals surface area (Å²) in [6.07, 6.45) is 0.891. The number of rotatable bonds is 3. The molecule has 1 atom stereocenters. The Labute approximate surface area is 115 Å². The Morgan fingerprint density at radius 1 is 1.29 bits per heavy atom. The van der Waals surface area contributed by atoms with Crippen molar-refractivity contribution in [1.29, 1.82) is 0 Å². The van der Waals surface area contributed by atoms with Crippen LogP contribution in [0.3, 0.4) is 0 Å². The lowest BCUT2D eigenvalue weighted by molar-refractivity contribution is 0.0978. The van der Waals surface area contributed by atoms with Crippen molar-refractivity contribution in [3.8, 4) is 0 Å². The van der Waals surface area contributed by atoms with Crippen LogP contribution in [0.5, 0.6) is 0 Å². The molecule has 17 heavy (non-hydrogen) atoms. The van der Waals surface area contributed by atoms with Crippen LogP contribution in [0.2, 0.25) is 10.0 Å². The number of sulfone groups is 1. The maximum Gasteiger partial charge on any atom is 0.204 e. The van der Waals surface area contributed by atoms with Gasteiger partial charge < -0.3 is 0 Å². The van der Waals surface area contributed by atoms with Gasteiger partial charge in [-0.15, -0.1) is 0 Å². The zero-order valence-corrected chi connectivity index (χ0v) is 12.1. The topological polar surface area (TPSA) is 51.2 Å². The largest absolute Gasteiger partial charge is 0.291 e. The van der Waals surface area contributed by atoms with Crippen molar-refractivity contribution in [2.24, 2.45) is 0 Å². The van der Waals surface area contributed by atoms with Gasteiger partial charge in [0.2, 0.25) is 4.21 Å². The third-order valence-electron chi connectivity index (χ3n) is 2.28. The Kier molecular flexibility index (Phi) is 4.14. The maximum atomic E-state index is 12.0. The van der Waals surface area contributed by atoms with E-state index in [9.17, 15) is 13.2 Å². The Hall–Kier alpha value is -0.290. The number of alkyl halides is 1. The van der Waals surface area contributed by atoms with Gasteiger partial charge in [-0.25, -0.2) is 8.42 Å². The first-order valence-corrected chi connectivity index (χ1v) is 7.48. The minimum Gasteiger partial charge on any atom is -0.291 e. The van der Waals surface area contributed by atoms with Gasteiger partial charge in [-0.2, -0.15) is 0 Å². The van der Waals surface area contributed by atoms with E-state index in [1.807, 2.05) is 0 Å². The Bertz CT molecular complexity index is 564. The van der Waals surface area contributed by atoms with Gasteiger partial charge in [0.05, 0.1) is 5.02 Å². The lowest BCUT2D eigenvalue weighted by Gasteiger charge is -2.18. The molecule has 7 heteroatoms. The van der Waals surface area contributed by atoms with E-state index >= 15 is 0 Å². The Morgan fingerprint density at radius 2 is 1.82 bits per heavy atom. The minimum atomic E-state index is -3.75. The van der Waals surface area contributed by atoms with Gasteiger partial charge in [0.25, 0.3) is 0 Å². The molecule has 0 aliphatic rings. The van der Waals surface area contributed by atoms with Crippen molar-refractivity contribution in [2.75, 3.05) is 6.26 Å². The van der Waals surface area contributed by atoms with Crippen LogP contribution in [-0.4, -0.2) is 24.7 Å². The zero-order chi connectivity index (χ0) is 13.4.